The topological polar surface area (TPSA) is 63.4 Å². The van der Waals surface area contributed by atoms with E-state index in [1.54, 1.807) is 24.3 Å². The molecular formula is C44H80N2O2. The Balaban J connectivity index is 2.19. The molecule has 2 amide bonds. The van der Waals surface area contributed by atoms with Gasteiger partial charge in [-0.15, -0.1) is 0 Å². The van der Waals surface area contributed by atoms with E-state index < -0.39 is 5.91 Å². The Kier molecular flexibility index (Phi) is 31.0. The zero-order chi connectivity index (χ0) is 34.8. The first-order valence-corrected chi connectivity index (χ1v) is 21.3. The molecule has 4 heteroatoms. The Bertz CT molecular complexity index is 816. The molecule has 0 saturated heterocycles. The lowest BCUT2D eigenvalue weighted by Crippen LogP contribution is -2.33. The number of hydrogen-bond acceptors (Lipinski definition) is 2. The fourth-order valence-electron chi connectivity index (χ4n) is 6.98. The molecule has 0 aliphatic heterocycles. The first-order chi connectivity index (χ1) is 23.6. The fourth-order valence-corrected chi connectivity index (χ4v) is 6.98. The number of carbonyl (C=O) groups is 2. The molecule has 0 atom stereocenters. The molecule has 4 nitrogen and oxygen atoms in total. The van der Waals surface area contributed by atoms with E-state index in [4.69, 9.17) is 5.73 Å². The third kappa shape index (κ3) is 26.1. The van der Waals surface area contributed by atoms with Gasteiger partial charge in [-0.2, -0.15) is 0 Å². The van der Waals surface area contributed by atoms with Crippen molar-refractivity contribution in [2.45, 2.75) is 219 Å². The summed E-state index contributed by atoms with van der Waals surface area (Å²) in [6.07, 6.45) is 43.4. The first-order valence-electron chi connectivity index (χ1n) is 21.3. The SMILES string of the molecule is CCCCCCCCCCCCCCCCCCN(CCCCCCCCCCCCCCCCCC)C(=O)c1ccc(C(N)=O)cc1. The summed E-state index contributed by atoms with van der Waals surface area (Å²) in [6, 6.07) is 6.88. The Morgan fingerprint density at radius 1 is 0.396 bits per heavy atom. The second-order valence-corrected chi connectivity index (χ2v) is 14.8. The number of unbranched alkanes of at least 4 members (excludes halogenated alkanes) is 30. The van der Waals surface area contributed by atoms with Crippen LogP contribution in [0.4, 0.5) is 0 Å². The van der Waals surface area contributed by atoms with Crippen molar-refractivity contribution in [1.82, 2.24) is 4.90 Å². The number of nitrogens with zero attached hydrogens (tertiary/aromatic N) is 1. The molecule has 0 aliphatic carbocycles. The molecule has 2 N–H and O–H groups in total. The van der Waals surface area contributed by atoms with Crippen LogP contribution in [-0.4, -0.2) is 29.8 Å². The molecule has 1 aromatic carbocycles. The second kappa shape index (κ2) is 33.6. The predicted octanol–water partition coefficient (Wildman–Crippen LogP) is 13.8. The summed E-state index contributed by atoms with van der Waals surface area (Å²) in [5.41, 5.74) is 6.53. The van der Waals surface area contributed by atoms with Gasteiger partial charge in [-0.3, -0.25) is 9.59 Å². The maximum absolute atomic E-state index is 13.4. The molecule has 0 aliphatic rings. The zero-order valence-electron chi connectivity index (χ0n) is 32.2. The molecule has 0 saturated carbocycles. The van der Waals surface area contributed by atoms with Crippen LogP contribution in [-0.2, 0) is 0 Å². The normalized spacial score (nSPS) is 11.3. The maximum Gasteiger partial charge on any atom is 0.253 e. The minimum atomic E-state index is -0.452. The summed E-state index contributed by atoms with van der Waals surface area (Å²) in [5.74, 6) is -0.361. The van der Waals surface area contributed by atoms with Gasteiger partial charge in [0.05, 0.1) is 0 Å². The average Bonchev–Trinajstić information content (AvgIpc) is 3.10. The predicted molar refractivity (Wildman–Crippen MR) is 210 cm³/mol. The molecule has 1 rings (SSSR count). The van der Waals surface area contributed by atoms with Crippen molar-refractivity contribution in [2.75, 3.05) is 13.1 Å². The summed E-state index contributed by atoms with van der Waals surface area (Å²) in [7, 11) is 0. The summed E-state index contributed by atoms with van der Waals surface area (Å²) in [4.78, 5) is 27.0. The number of benzene rings is 1. The van der Waals surface area contributed by atoms with Crippen molar-refractivity contribution in [3.8, 4) is 0 Å². The van der Waals surface area contributed by atoms with Crippen LogP contribution >= 0.6 is 0 Å². The van der Waals surface area contributed by atoms with Crippen molar-refractivity contribution in [2.24, 2.45) is 5.73 Å². The van der Waals surface area contributed by atoms with Crippen molar-refractivity contribution in [3.05, 3.63) is 35.4 Å². The number of amides is 2. The number of rotatable bonds is 36. The fraction of sp³-hybridized carbons (Fsp3) is 0.818. The largest absolute Gasteiger partial charge is 0.366 e. The Morgan fingerprint density at radius 3 is 0.875 bits per heavy atom. The van der Waals surface area contributed by atoms with Gasteiger partial charge in [0.15, 0.2) is 0 Å². The van der Waals surface area contributed by atoms with Gasteiger partial charge >= 0.3 is 0 Å². The van der Waals surface area contributed by atoms with Crippen molar-refractivity contribution >= 4 is 11.8 Å². The lowest BCUT2D eigenvalue weighted by atomic mass is 10.0. The molecule has 0 aromatic heterocycles. The maximum atomic E-state index is 13.4. The molecule has 1 aromatic rings. The third-order valence-electron chi connectivity index (χ3n) is 10.3. The highest BCUT2D eigenvalue weighted by atomic mass is 16.2. The van der Waals surface area contributed by atoms with Gasteiger partial charge in [0.2, 0.25) is 5.91 Å². The van der Waals surface area contributed by atoms with Crippen LogP contribution in [0.3, 0.4) is 0 Å². The summed E-state index contributed by atoms with van der Waals surface area (Å²) in [6.45, 7) is 6.23. The molecule has 0 fully saturated rings. The van der Waals surface area contributed by atoms with E-state index in [9.17, 15) is 9.59 Å². The smallest absolute Gasteiger partial charge is 0.253 e. The molecule has 0 bridgehead atoms. The van der Waals surface area contributed by atoms with Crippen molar-refractivity contribution < 1.29 is 9.59 Å². The molecule has 0 spiro atoms. The van der Waals surface area contributed by atoms with E-state index in [0.29, 0.717) is 11.1 Å². The van der Waals surface area contributed by atoms with E-state index in [1.807, 2.05) is 0 Å². The highest BCUT2D eigenvalue weighted by Gasteiger charge is 2.16. The monoisotopic (exact) mass is 669 g/mol. The van der Waals surface area contributed by atoms with Crippen LogP contribution in [0.15, 0.2) is 24.3 Å². The van der Waals surface area contributed by atoms with Crippen LogP contribution in [0, 0.1) is 0 Å². The lowest BCUT2D eigenvalue weighted by molar-refractivity contribution is 0.0748. The summed E-state index contributed by atoms with van der Waals surface area (Å²) in [5, 5.41) is 0. The number of primary amides is 1. The van der Waals surface area contributed by atoms with E-state index in [2.05, 4.69) is 18.7 Å². The van der Waals surface area contributed by atoms with Crippen LogP contribution in [0.1, 0.15) is 240 Å². The van der Waals surface area contributed by atoms with Crippen molar-refractivity contribution in [1.29, 1.82) is 0 Å². The number of carbonyl (C=O) groups excluding carboxylic acids is 2. The minimum Gasteiger partial charge on any atom is -0.366 e. The van der Waals surface area contributed by atoms with Gasteiger partial charge in [0.1, 0.15) is 0 Å². The van der Waals surface area contributed by atoms with E-state index >= 15 is 0 Å². The highest BCUT2D eigenvalue weighted by Crippen LogP contribution is 2.17. The Hall–Kier alpha value is -1.84. The van der Waals surface area contributed by atoms with Gasteiger partial charge in [-0.25, -0.2) is 0 Å². The van der Waals surface area contributed by atoms with E-state index in [0.717, 1.165) is 25.9 Å². The zero-order valence-corrected chi connectivity index (χ0v) is 32.2. The highest BCUT2D eigenvalue weighted by molar-refractivity contribution is 5.97. The second-order valence-electron chi connectivity index (χ2n) is 14.8. The van der Waals surface area contributed by atoms with Gasteiger partial charge in [0.25, 0.3) is 5.91 Å². The molecule has 0 heterocycles. The molecule has 48 heavy (non-hydrogen) atoms. The molecular weight excluding hydrogens is 588 g/mol. The standard InChI is InChI=1S/C44H80N2O2/c1-3-5-7-9-11-13-15-17-19-21-23-25-27-29-31-33-39-46(44(48)42-37-35-41(36-38-42)43(45)47)40-34-32-30-28-26-24-22-20-18-16-14-12-10-8-6-4-2/h35-38H,3-34,39-40H2,1-2H3,(H2,45,47). The van der Waals surface area contributed by atoms with Crippen LogP contribution in [0.25, 0.3) is 0 Å². The summed E-state index contributed by atoms with van der Waals surface area (Å²) < 4.78 is 0. The minimum absolute atomic E-state index is 0.0907. The van der Waals surface area contributed by atoms with Gasteiger partial charge in [0, 0.05) is 24.2 Å². The van der Waals surface area contributed by atoms with Crippen LogP contribution in [0.2, 0.25) is 0 Å². The molecule has 278 valence electrons. The molecule has 0 radical (unpaired) electrons. The summed E-state index contributed by atoms with van der Waals surface area (Å²) >= 11 is 0. The van der Waals surface area contributed by atoms with Gasteiger partial charge < -0.3 is 10.6 Å². The number of hydrogen-bond donors (Lipinski definition) is 1. The van der Waals surface area contributed by atoms with Crippen molar-refractivity contribution in [3.63, 3.8) is 0 Å². The number of nitrogens with two attached hydrogens (primary N) is 1. The third-order valence-corrected chi connectivity index (χ3v) is 10.3. The van der Waals surface area contributed by atoms with E-state index in [-0.39, 0.29) is 5.91 Å². The Labute approximate surface area is 299 Å². The molecule has 0 unspecified atom stereocenters. The van der Waals surface area contributed by atoms with Crippen LogP contribution < -0.4 is 5.73 Å². The lowest BCUT2D eigenvalue weighted by Gasteiger charge is -2.23. The quantitative estimate of drug-likeness (QED) is 0.0723. The van der Waals surface area contributed by atoms with Gasteiger partial charge in [-0.05, 0) is 37.1 Å². The average molecular weight is 669 g/mol. The Morgan fingerprint density at radius 2 is 0.625 bits per heavy atom. The van der Waals surface area contributed by atoms with Gasteiger partial charge in [-0.1, -0.05) is 206 Å². The first kappa shape index (κ1) is 44.2. The van der Waals surface area contributed by atoms with Crippen LogP contribution in [0.5, 0.6) is 0 Å². The van der Waals surface area contributed by atoms with E-state index in [1.165, 1.54) is 193 Å².